The maximum atomic E-state index is 5.97. The third-order valence-corrected chi connectivity index (χ3v) is 3.92. The third kappa shape index (κ3) is 1.81. The second-order valence-electron chi connectivity index (χ2n) is 3.75. The van der Waals surface area contributed by atoms with Crippen LogP contribution in [0.5, 0.6) is 0 Å². The minimum Gasteiger partial charge on any atom is -0.265 e. The summed E-state index contributed by atoms with van der Waals surface area (Å²) in [5, 5.41) is 0.533. The molecule has 0 amide bonds. The number of nitrogens with zero attached hydrogens (tertiary/aromatic N) is 2. The van der Waals surface area contributed by atoms with Gasteiger partial charge < -0.3 is 0 Å². The molecule has 17 heavy (non-hydrogen) atoms. The van der Waals surface area contributed by atoms with E-state index < -0.39 is 0 Å². The molecule has 3 aromatic heterocycles. The Morgan fingerprint density at radius 1 is 1.12 bits per heavy atom. The molecule has 0 fully saturated rings. The maximum absolute atomic E-state index is 5.97. The van der Waals surface area contributed by atoms with E-state index in [-0.39, 0.29) is 0 Å². The molecule has 0 N–H and O–H groups in total. The van der Waals surface area contributed by atoms with Crippen molar-refractivity contribution in [2.45, 2.75) is 6.92 Å². The molecular weight excluding hydrogens is 252 g/mol. The zero-order valence-electron chi connectivity index (χ0n) is 9.14. The number of halogens is 1. The highest BCUT2D eigenvalue weighted by atomic mass is 35.5. The van der Waals surface area contributed by atoms with Crippen LogP contribution < -0.4 is 0 Å². The third-order valence-electron chi connectivity index (χ3n) is 2.65. The first kappa shape index (κ1) is 10.7. The van der Waals surface area contributed by atoms with E-state index in [0.29, 0.717) is 5.15 Å². The van der Waals surface area contributed by atoms with E-state index in [2.05, 4.69) is 16.9 Å². The predicted octanol–water partition coefficient (Wildman–Crippen LogP) is 4.32. The van der Waals surface area contributed by atoms with Crippen LogP contribution in [0.25, 0.3) is 21.3 Å². The van der Waals surface area contributed by atoms with E-state index in [9.17, 15) is 0 Å². The summed E-state index contributed by atoms with van der Waals surface area (Å²) < 4.78 is 1.17. The zero-order chi connectivity index (χ0) is 11.8. The summed E-state index contributed by atoms with van der Waals surface area (Å²) >= 11 is 7.71. The molecule has 3 aromatic rings. The summed E-state index contributed by atoms with van der Waals surface area (Å²) in [6.07, 6.45) is 3.59. The highest BCUT2D eigenvalue weighted by Crippen LogP contribution is 2.37. The SMILES string of the molecule is Cc1sc2ccc(Cl)nc2c1-c1ccncc1. The van der Waals surface area contributed by atoms with Gasteiger partial charge in [-0.05, 0) is 36.8 Å². The highest BCUT2D eigenvalue weighted by molar-refractivity contribution is 7.19. The molecule has 0 spiro atoms. The Kier molecular flexibility index (Phi) is 2.57. The second-order valence-corrected chi connectivity index (χ2v) is 5.39. The van der Waals surface area contributed by atoms with Gasteiger partial charge in [-0.3, -0.25) is 4.98 Å². The lowest BCUT2D eigenvalue weighted by Gasteiger charge is -2.00. The first-order valence-electron chi connectivity index (χ1n) is 5.22. The first-order chi connectivity index (χ1) is 8.25. The van der Waals surface area contributed by atoms with E-state index in [1.54, 1.807) is 23.7 Å². The van der Waals surface area contributed by atoms with Gasteiger partial charge in [0, 0.05) is 22.8 Å². The standard InChI is InChI=1S/C13H9ClN2S/c1-8-12(9-4-6-15-7-5-9)13-10(17-8)2-3-11(14)16-13/h2-7H,1H3. The van der Waals surface area contributed by atoms with Crippen LogP contribution in [0.2, 0.25) is 5.15 Å². The maximum Gasteiger partial charge on any atom is 0.129 e. The zero-order valence-corrected chi connectivity index (χ0v) is 10.7. The normalized spacial score (nSPS) is 10.9. The Morgan fingerprint density at radius 3 is 2.65 bits per heavy atom. The van der Waals surface area contributed by atoms with Crippen molar-refractivity contribution >= 4 is 33.2 Å². The average Bonchev–Trinajstić information content (AvgIpc) is 2.65. The van der Waals surface area contributed by atoms with E-state index >= 15 is 0 Å². The quantitative estimate of drug-likeness (QED) is 0.609. The van der Waals surface area contributed by atoms with Gasteiger partial charge in [-0.25, -0.2) is 4.98 Å². The number of hydrogen-bond acceptors (Lipinski definition) is 3. The Balaban J connectivity index is 2.35. The van der Waals surface area contributed by atoms with Gasteiger partial charge in [-0.15, -0.1) is 11.3 Å². The van der Waals surface area contributed by atoms with Gasteiger partial charge in [0.2, 0.25) is 0 Å². The van der Waals surface area contributed by atoms with Crippen LogP contribution >= 0.6 is 22.9 Å². The van der Waals surface area contributed by atoms with Crippen molar-refractivity contribution in [1.82, 2.24) is 9.97 Å². The number of aromatic nitrogens is 2. The van der Waals surface area contributed by atoms with Gasteiger partial charge in [0.15, 0.2) is 0 Å². The van der Waals surface area contributed by atoms with Crippen molar-refractivity contribution in [2.75, 3.05) is 0 Å². The van der Waals surface area contributed by atoms with E-state index in [1.165, 1.54) is 9.58 Å². The van der Waals surface area contributed by atoms with Crippen molar-refractivity contribution in [3.63, 3.8) is 0 Å². The van der Waals surface area contributed by atoms with Crippen molar-refractivity contribution in [2.24, 2.45) is 0 Å². The first-order valence-corrected chi connectivity index (χ1v) is 6.41. The fourth-order valence-electron chi connectivity index (χ4n) is 1.93. The van der Waals surface area contributed by atoms with E-state index in [0.717, 1.165) is 16.6 Å². The Bertz CT molecular complexity index is 676. The fourth-order valence-corrected chi connectivity index (χ4v) is 3.10. The summed E-state index contributed by atoms with van der Waals surface area (Å²) in [5.74, 6) is 0. The molecule has 0 unspecified atom stereocenters. The number of pyridine rings is 2. The Hall–Kier alpha value is -1.45. The second kappa shape index (κ2) is 4.09. The highest BCUT2D eigenvalue weighted by Gasteiger charge is 2.12. The van der Waals surface area contributed by atoms with Crippen molar-refractivity contribution in [3.05, 3.63) is 46.7 Å². The van der Waals surface area contributed by atoms with Crippen LogP contribution in [-0.4, -0.2) is 9.97 Å². The molecule has 4 heteroatoms. The lowest BCUT2D eigenvalue weighted by molar-refractivity contribution is 1.33. The summed E-state index contributed by atoms with van der Waals surface area (Å²) in [4.78, 5) is 9.72. The molecule has 3 rings (SSSR count). The smallest absolute Gasteiger partial charge is 0.129 e. The molecular formula is C13H9ClN2S. The summed E-state index contributed by atoms with van der Waals surface area (Å²) in [7, 11) is 0. The molecule has 0 saturated carbocycles. The van der Waals surface area contributed by atoms with Crippen molar-refractivity contribution in [1.29, 1.82) is 0 Å². The Morgan fingerprint density at radius 2 is 1.88 bits per heavy atom. The number of rotatable bonds is 1. The molecule has 0 saturated heterocycles. The molecule has 0 aromatic carbocycles. The van der Waals surface area contributed by atoms with Gasteiger partial charge in [-0.2, -0.15) is 0 Å². The van der Waals surface area contributed by atoms with Crippen LogP contribution in [0, 0.1) is 6.92 Å². The summed E-state index contributed by atoms with van der Waals surface area (Å²) in [5.41, 5.74) is 3.28. The van der Waals surface area contributed by atoms with E-state index in [1.807, 2.05) is 24.3 Å². The molecule has 3 heterocycles. The molecule has 0 bridgehead atoms. The van der Waals surface area contributed by atoms with Crippen molar-refractivity contribution in [3.8, 4) is 11.1 Å². The van der Waals surface area contributed by atoms with Gasteiger partial charge >= 0.3 is 0 Å². The molecule has 0 aliphatic carbocycles. The molecule has 0 atom stereocenters. The molecule has 0 radical (unpaired) electrons. The molecule has 0 aliphatic heterocycles. The summed E-state index contributed by atoms with van der Waals surface area (Å²) in [6.45, 7) is 2.11. The number of thiophene rings is 1. The van der Waals surface area contributed by atoms with Crippen LogP contribution in [0.4, 0.5) is 0 Å². The van der Waals surface area contributed by atoms with E-state index in [4.69, 9.17) is 11.6 Å². The van der Waals surface area contributed by atoms with Gasteiger partial charge in [-0.1, -0.05) is 11.6 Å². The van der Waals surface area contributed by atoms with Gasteiger partial charge in [0.05, 0.1) is 10.2 Å². The number of aryl methyl sites for hydroxylation is 1. The van der Waals surface area contributed by atoms with Crippen LogP contribution in [0.1, 0.15) is 4.88 Å². The van der Waals surface area contributed by atoms with Crippen LogP contribution in [0.15, 0.2) is 36.7 Å². The largest absolute Gasteiger partial charge is 0.265 e. The average molecular weight is 261 g/mol. The van der Waals surface area contributed by atoms with Crippen molar-refractivity contribution < 1.29 is 0 Å². The molecule has 0 aliphatic rings. The van der Waals surface area contributed by atoms with Gasteiger partial charge in [0.1, 0.15) is 5.15 Å². The minimum absolute atomic E-state index is 0.533. The lowest BCUT2D eigenvalue weighted by atomic mass is 10.1. The number of hydrogen-bond donors (Lipinski definition) is 0. The summed E-state index contributed by atoms with van der Waals surface area (Å²) in [6, 6.07) is 7.84. The number of fused-ring (bicyclic) bond motifs is 1. The lowest BCUT2D eigenvalue weighted by Crippen LogP contribution is -1.82. The van der Waals surface area contributed by atoms with Crippen LogP contribution in [-0.2, 0) is 0 Å². The van der Waals surface area contributed by atoms with Gasteiger partial charge in [0.25, 0.3) is 0 Å². The fraction of sp³-hybridized carbons (Fsp3) is 0.0769. The monoisotopic (exact) mass is 260 g/mol. The Labute approximate surface area is 108 Å². The predicted molar refractivity (Wildman–Crippen MR) is 72.6 cm³/mol. The molecule has 84 valence electrons. The van der Waals surface area contributed by atoms with Crippen LogP contribution in [0.3, 0.4) is 0 Å². The topological polar surface area (TPSA) is 25.8 Å². The molecule has 2 nitrogen and oxygen atoms in total. The minimum atomic E-state index is 0.533.